The van der Waals surface area contributed by atoms with E-state index in [1.54, 1.807) is 18.4 Å². The minimum Gasteiger partial charge on any atom is -0.612 e. The number of allylic oxidation sites excluding steroid dienone is 2. The Bertz CT molecular complexity index is 807. The fourth-order valence-corrected chi connectivity index (χ4v) is 3.46. The topological polar surface area (TPSA) is 49.1 Å². The first kappa shape index (κ1) is 16.0. The minimum atomic E-state index is -0.982. The van der Waals surface area contributed by atoms with Crippen LogP contribution in [0.1, 0.15) is 23.6 Å². The lowest BCUT2D eigenvalue weighted by atomic mass is 10.0. The molecule has 3 rings (SSSR count). The SMILES string of the molecule is CC1=C(CN)c2cc(F)ccc2/C1=C\c1ccc([S+](C)[O-])cc1. The normalized spacial score (nSPS) is 16.8. The maximum atomic E-state index is 13.6. The van der Waals surface area contributed by atoms with Crippen molar-refractivity contribution in [3.63, 3.8) is 0 Å². The van der Waals surface area contributed by atoms with Gasteiger partial charge in [-0.1, -0.05) is 6.07 Å². The lowest BCUT2D eigenvalue weighted by Crippen LogP contribution is -2.02. The maximum Gasteiger partial charge on any atom is 0.152 e. The lowest BCUT2D eigenvalue weighted by Gasteiger charge is -2.06. The molecule has 0 fully saturated rings. The monoisotopic (exact) mass is 327 g/mol. The number of benzene rings is 2. The number of hydrogen-bond donors (Lipinski definition) is 1. The van der Waals surface area contributed by atoms with E-state index < -0.39 is 11.2 Å². The molecular formula is C19H18FNOS. The molecule has 1 aliphatic rings. The second-order valence-corrected chi connectivity index (χ2v) is 6.96. The molecule has 1 atom stereocenters. The van der Waals surface area contributed by atoms with Gasteiger partial charge in [-0.05, 0) is 94.0 Å². The standard InChI is InChI=1S/C19H18FNOS/c1-12-17(9-13-3-6-15(7-4-13)23(2)22)16-8-5-14(20)10-18(16)19(12)11-21/h3-10H,11,21H2,1-2H3/b17-9-. The highest BCUT2D eigenvalue weighted by Gasteiger charge is 2.23. The van der Waals surface area contributed by atoms with Crippen molar-refractivity contribution < 1.29 is 8.94 Å². The maximum absolute atomic E-state index is 13.6. The van der Waals surface area contributed by atoms with Gasteiger partial charge in [0.15, 0.2) is 4.90 Å². The van der Waals surface area contributed by atoms with Gasteiger partial charge in [0.05, 0.1) is 0 Å². The number of fused-ring (bicyclic) bond motifs is 1. The molecule has 0 aliphatic heterocycles. The average molecular weight is 327 g/mol. The van der Waals surface area contributed by atoms with E-state index in [1.807, 2.05) is 31.2 Å². The summed E-state index contributed by atoms with van der Waals surface area (Å²) in [5.74, 6) is -0.251. The molecule has 0 spiro atoms. The van der Waals surface area contributed by atoms with Crippen molar-refractivity contribution in [1.29, 1.82) is 0 Å². The second kappa shape index (κ2) is 6.32. The third-order valence-corrected chi connectivity index (χ3v) is 5.12. The van der Waals surface area contributed by atoms with Crippen molar-refractivity contribution in [2.24, 2.45) is 5.73 Å². The highest BCUT2D eigenvalue weighted by atomic mass is 32.2. The van der Waals surface area contributed by atoms with Crippen LogP contribution >= 0.6 is 0 Å². The molecule has 0 saturated heterocycles. The number of hydrogen-bond acceptors (Lipinski definition) is 2. The van der Waals surface area contributed by atoms with Crippen LogP contribution in [-0.2, 0) is 11.2 Å². The van der Waals surface area contributed by atoms with Gasteiger partial charge in [-0.25, -0.2) is 4.39 Å². The number of nitrogens with two attached hydrogens (primary N) is 1. The average Bonchev–Trinajstić information content (AvgIpc) is 2.79. The summed E-state index contributed by atoms with van der Waals surface area (Å²) in [7, 11) is 0. The predicted octanol–water partition coefficient (Wildman–Crippen LogP) is 3.85. The quantitative estimate of drug-likeness (QED) is 0.871. The molecule has 0 amide bonds. The van der Waals surface area contributed by atoms with Gasteiger partial charge in [-0.15, -0.1) is 0 Å². The van der Waals surface area contributed by atoms with Crippen LogP contribution in [0.15, 0.2) is 52.9 Å². The molecule has 2 aromatic carbocycles. The third kappa shape index (κ3) is 2.98. The van der Waals surface area contributed by atoms with Gasteiger partial charge in [0.1, 0.15) is 12.1 Å². The van der Waals surface area contributed by atoms with Crippen molar-refractivity contribution in [2.75, 3.05) is 12.8 Å². The van der Waals surface area contributed by atoms with Crippen molar-refractivity contribution in [2.45, 2.75) is 11.8 Å². The Kier molecular flexibility index (Phi) is 4.39. The van der Waals surface area contributed by atoms with Crippen molar-refractivity contribution in [1.82, 2.24) is 0 Å². The molecule has 2 aromatic rings. The summed E-state index contributed by atoms with van der Waals surface area (Å²) in [5.41, 5.74) is 11.9. The minimum absolute atomic E-state index is 0.251. The summed E-state index contributed by atoms with van der Waals surface area (Å²) in [6.07, 6.45) is 3.73. The molecule has 118 valence electrons. The lowest BCUT2D eigenvalue weighted by molar-refractivity contribution is 0.601. The van der Waals surface area contributed by atoms with Crippen LogP contribution < -0.4 is 5.73 Å². The first-order chi connectivity index (χ1) is 11.0. The predicted molar refractivity (Wildman–Crippen MR) is 94.7 cm³/mol. The van der Waals surface area contributed by atoms with E-state index in [1.165, 1.54) is 6.07 Å². The van der Waals surface area contributed by atoms with E-state index in [-0.39, 0.29) is 5.82 Å². The third-order valence-electron chi connectivity index (χ3n) is 4.18. The summed E-state index contributed by atoms with van der Waals surface area (Å²) < 4.78 is 25.0. The molecule has 0 saturated carbocycles. The van der Waals surface area contributed by atoms with Crippen molar-refractivity contribution >= 4 is 28.4 Å². The van der Waals surface area contributed by atoms with Crippen molar-refractivity contribution in [3.05, 3.63) is 70.5 Å². The van der Waals surface area contributed by atoms with Crippen LogP contribution in [0.4, 0.5) is 4.39 Å². The summed E-state index contributed by atoms with van der Waals surface area (Å²) in [4.78, 5) is 0.802. The van der Waals surface area contributed by atoms with E-state index in [0.29, 0.717) is 6.54 Å². The Morgan fingerprint density at radius 3 is 2.43 bits per heavy atom. The van der Waals surface area contributed by atoms with Crippen LogP contribution in [0, 0.1) is 5.82 Å². The zero-order valence-corrected chi connectivity index (χ0v) is 13.9. The smallest absolute Gasteiger partial charge is 0.152 e. The van der Waals surface area contributed by atoms with Gasteiger partial charge in [0.2, 0.25) is 0 Å². The molecule has 2 N–H and O–H groups in total. The number of rotatable bonds is 3. The second-order valence-electron chi connectivity index (χ2n) is 5.58. The molecule has 2 nitrogen and oxygen atoms in total. The first-order valence-electron chi connectivity index (χ1n) is 7.37. The molecule has 0 heterocycles. The number of halogens is 1. The van der Waals surface area contributed by atoms with Gasteiger partial charge in [-0.2, -0.15) is 0 Å². The van der Waals surface area contributed by atoms with E-state index in [2.05, 4.69) is 6.08 Å². The molecule has 0 radical (unpaired) electrons. The zero-order valence-electron chi connectivity index (χ0n) is 13.1. The Balaban J connectivity index is 2.07. The molecule has 1 unspecified atom stereocenters. The van der Waals surface area contributed by atoms with Gasteiger partial charge in [0.25, 0.3) is 0 Å². The molecule has 4 heteroatoms. The fourth-order valence-electron chi connectivity index (χ4n) is 2.94. The van der Waals surface area contributed by atoms with Gasteiger partial charge in [0, 0.05) is 6.54 Å². The molecule has 23 heavy (non-hydrogen) atoms. The fraction of sp³-hybridized carbons (Fsp3) is 0.158. The van der Waals surface area contributed by atoms with E-state index >= 15 is 0 Å². The Hall–Kier alpha value is -1.88. The van der Waals surface area contributed by atoms with E-state index in [9.17, 15) is 8.94 Å². The van der Waals surface area contributed by atoms with E-state index in [0.717, 1.165) is 38.3 Å². The van der Waals surface area contributed by atoms with Crippen LogP contribution in [-0.4, -0.2) is 17.4 Å². The Labute approximate surface area is 138 Å². The molecule has 1 aliphatic carbocycles. The van der Waals surface area contributed by atoms with Crippen LogP contribution in [0.3, 0.4) is 0 Å². The van der Waals surface area contributed by atoms with E-state index in [4.69, 9.17) is 5.73 Å². The van der Waals surface area contributed by atoms with Crippen LogP contribution in [0.25, 0.3) is 17.2 Å². The highest BCUT2D eigenvalue weighted by molar-refractivity contribution is 7.90. The summed E-state index contributed by atoms with van der Waals surface area (Å²) in [5, 5.41) is 0. The Morgan fingerprint density at radius 1 is 1.13 bits per heavy atom. The first-order valence-corrected chi connectivity index (χ1v) is 8.92. The van der Waals surface area contributed by atoms with Gasteiger partial charge in [-0.3, -0.25) is 0 Å². The zero-order chi connectivity index (χ0) is 16.6. The molecule has 0 bridgehead atoms. The Morgan fingerprint density at radius 2 is 1.83 bits per heavy atom. The largest absolute Gasteiger partial charge is 0.612 e. The summed E-state index contributed by atoms with van der Waals surface area (Å²) in [6, 6.07) is 12.4. The van der Waals surface area contributed by atoms with Crippen LogP contribution in [0.2, 0.25) is 0 Å². The van der Waals surface area contributed by atoms with Crippen molar-refractivity contribution in [3.8, 4) is 0 Å². The summed E-state index contributed by atoms with van der Waals surface area (Å²) in [6.45, 7) is 2.40. The van der Waals surface area contributed by atoms with Gasteiger partial charge < -0.3 is 10.3 Å². The molecular weight excluding hydrogens is 309 g/mol. The van der Waals surface area contributed by atoms with Gasteiger partial charge >= 0.3 is 0 Å². The molecule has 0 aromatic heterocycles. The highest BCUT2D eigenvalue weighted by Crippen LogP contribution is 2.41. The summed E-state index contributed by atoms with van der Waals surface area (Å²) >= 11 is -0.982. The van der Waals surface area contributed by atoms with Crippen LogP contribution in [0.5, 0.6) is 0 Å².